The Morgan fingerprint density at radius 2 is 1.83 bits per heavy atom. The molecule has 2 aromatic rings. The van der Waals surface area contributed by atoms with Crippen molar-refractivity contribution in [2.45, 2.75) is 20.4 Å². The predicted molar refractivity (Wildman–Crippen MR) is 77.7 cm³/mol. The molecule has 4 heteroatoms. The molecule has 0 atom stereocenters. The van der Waals surface area contributed by atoms with Crippen LogP contribution in [0.4, 0.5) is 0 Å². The zero-order chi connectivity index (χ0) is 13.1. The van der Waals surface area contributed by atoms with Crippen LogP contribution in [0, 0.1) is 13.8 Å². The molecule has 3 nitrogen and oxygen atoms in total. The molecule has 2 rings (SSSR count). The highest BCUT2D eigenvalue weighted by atomic mass is 79.9. The number of methoxy groups -OCH3 is 1. The monoisotopic (exact) mass is 308 g/mol. The van der Waals surface area contributed by atoms with Gasteiger partial charge in [0.2, 0.25) is 0 Å². The summed E-state index contributed by atoms with van der Waals surface area (Å²) in [4.78, 5) is 0. The van der Waals surface area contributed by atoms with E-state index in [0.29, 0.717) is 0 Å². The molecule has 0 saturated carbocycles. The molecule has 0 radical (unpaired) electrons. The topological polar surface area (TPSA) is 26.2 Å². The van der Waals surface area contributed by atoms with Crippen molar-refractivity contribution in [1.82, 2.24) is 4.68 Å². The van der Waals surface area contributed by atoms with Gasteiger partial charge in [-0.15, -0.1) is 0 Å². The maximum Gasteiger partial charge on any atom is 0.133 e. The summed E-state index contributed by atoms with van der Waals surface area (Å²) in [6, 6.07) is 10.3. The Morgan fingerprint density at radius 1 is 1.17 bits per heavy atom. The third-order valence-electron chi connectivity index (χ3n) is 2.93. The van der Waals surface area contributed by atoms with Crippen molar-refractivity contribution in [3.63, 3.8) is 0 Å². The number of aromatic nitrogens is 1. The van der Waals surface area contributed by atoms with Gasteiger partial charge in [0.25, 0.3) is 0 Å². The van der Waals surface area contributed by atoms with E-state index in [0.717, 1.165) is 16.8 Å². The smallest absolute Gasteiger partial charge is 0.133 e. The molecule has 1 aromatic heterocycles. The van der Waals surface area contributed by atoms with Gasteiger partial charge in [0, 0.05) is 11.4 Å². The van der Waals surface area contributed by atoms with Crippen molar-refractivity contribution in [2.24, 2.45) is 0 Å². The molecular weight excluding hydrogens is 292 g/mol. The van der Waals surface area contributed by atoms with Crippen molar-refractivity contribution in [2.75, 3.05) is 12.5 Å². The molecule has 0 spiro atoms. The molecule has 0 aliphatic carbocycles. The van der Waals surface area contributed by atoms with Crippen LogP contribution < -0.4 is 10.2 Å². The van der Waals surface area contributed by atoms with Gasteiger partial charge in [0.05, 0.1) is 18.1 Å². The van der Waals surface area contributed by atoms with Crippen LogP contribution in [0.1, 0.15) is 17.0 Å². The summed E-state index contributed by atoms with van der Waals surface area (Å²) < 4.78 is 8.29. The first kappa shape index (κ1) is 13.0. The average molecular weight is 309 g/mol. The maximum absolute atomic E-state index is 5.22. The maximum atomic E-state index is 5.22. The van der Waals surface area contributed by atoms with Crippen LogP contribution in [0.25, 0.3) is 0 Å². The van der Waals surface area contributed by atoms with Crippen molar-refractivity contribution < 1.29 is 4.74 Å². The molecule has 1 heterocycles. The molecule has 0 unspecified atom stereocenters. The van der Waals surface area contributed by atoms with Gasteiger partial charge in [-0.2, -0.15) is 0 Å². The number of benzene rings is 1. The first-order chi connectivity index (χ1) is 8.61. The lowest BCUT2D eigenvalue weighted by atomic mass is 10.2. The summed E-state index contributed by atoms with van der Waals surface area (Å²) in [6.07, 6.45) is 0. The normalized spacial score (nSPS) is 10.4. The van der Waals surface area contributed by atoms with Crippen LogP contribution in [-0.4, -0.2) is 11.8 Å². The molecule has 0 saturated heterocycles. The minimum atomic E-state index is 0.777. The number of nitrogens with zero attached hydrogens (tertiary/aromatic N) is 1. The van der Waals surface area contributed by atoms with Crippen LogP contribution in [0.15, 0.2) is 34.8 Å². The second-order valence-corrected chi connectivity index (χ2v) is 5.11. The number of hydrogen-bond donors (Lipinski definition) is 1. The molecule has 18 heavy (non-hydrogen) atoms. The van der Waals surface area contributed by atoms with Crippen molar-refractivity contribution in [3.05, 3.63) is 51.8 Å². The number of hydrogen-bond acceptors (Lipinski definition) is 2. The van der Waals surface area contributed by atoms with E-state index in [9.17, 15) is 0 Å². The fourth-order valence-electron chi connectivity index (χ4n) is 1.91. The average Bonchev–Trinajstić information content (AvgIpc) is 2.67. The van der Waals surface area contributed by atoms with Crippen LogP contribution in [-0.2, 0) is 6.54 Å². The van der Waals surface area contributed by atoms with E-state index in [-0.39, 0.29) is 0 Å². The molecule has 0 aliphatic heterocycles. The fourth-order valence-corrected chi connectivity index (χ4v) is 2.50. The van der Waals surface area contributed by atoms with Gasteiger partial charge in [-0.1, -0.05) is 6.07 Å². The molecule has 0 amide bonds. The Morgan fingerprint density at radius 3 is 2.39 bits per heavy atom. The lowest BCUT2D eigenvalue weighted by Crippen LogP contribution is -2.16. The van der Waals surface area contributed by atoms with Gasteiger partial charge >= 0.3 is 0 Å². The van der Waals surface area contributed by atoms with E-state index < -0.39 is 0 Å². The fraction of sp³-hybridized carbons (Fsp3) is 0.286. The van der Waals surface area contributed by atoms with Gasteiger partial charge in [-0.05, 0) is 59.6 Å². The SMILES string of the molecule is COc1ccc(CNn2c(C)ccc2C)cc1Br. The molecule has 1 N–H and O–H groups in total. The Kier molecular flexibility index (Phi) is 3.97. The summed E-state index contributed by atoms with van der Waals surface area (Å²) in [7, 11) is 1.67. The van der Waals surface area contributed by atoms with Crippen molar-refractivity contribution in [1.29, 1.82) is 0 Å². The molecular formula is C14H17BrN2O. The van der Waals surface area contributed by atoms with E-state index in [1.807, 2.05) is 6.07 Å². The number of nitrogens with one attached hydrogen (secondary N) is 1. The Labute approximate surface area is 116 Å². The molecule has 0 aliphatic rings. The molecule has 1 aromatic carbocycles. The van der Waals surface area contributed by atoms with E-state index in [1.54, 1.807) is 7.11 Å². The molecule has 0 fully saturated rings. The van der Waals surface area contributed by atoms with Gasteiger partial charge in [-0.3, -0.25) is 4.68 Å². The first-order valence-corrected chi connectivity index (χ1v) is 6.62. The second-order valence-electron chi connectivity index (χ2n) is 4.26. The van der Waals surface area contributed by atoms with E-state index >= 15 is 0 Å². The standard InChI is InChI=1S/C14H17BrN2O/c1-10-4-5-11(2)17(10)16-9-12-6-7-14(18-3)13(15)8-12/h4-8,16H,9H2,1-3H3. The molecule has 96 valence electrons. The first-order valence-electron chi connectivity index (χ1n) is 5.83. The Hall–Kier alpha value is -1.42. The van der Waals surface area contributed by atoms with Gasteiger partial charge in [-0.25, -0.2) is 0 Å². The van der Waals surface area contributed by atoms with Crippen molar-refractivity contribution >= 4 is 15.9 Å². The summed E-state index contributed by atoms with van der Waals surface area (Å²) in [5, 5.41) is 0. The van der Waals surface area contributed by atoms with E-state index in [4.69, 9.17) is 4.74 Å². The quantitative estimate of drug-likeness (QED) is 0.933. The summed E-state index contributed by atoms with van der Waals surface area (Å²) in [5.74, 6) is 0.854. The minimum Gasteiger partial charge on any atom is -0.496 e. The Balaban J connectivity index is 2.09. The van der Waals surface area contributed by atoms with Gasteiger partial charge in [0.1, 0.15) is 5.75 Å². The van der Waals surface area contributed by atoms with Crippen LogP contribution >= 0.6 is 15.9 Å². The Bertz CT molecular complexity index is 529. The summed E-state index contributed by atoms with van der Waals surface area (Å²) >= 11 is 3.50. The highest BCUT2D eigenvalue weighted by molar-refractivity contribution is 9.10. The van der Waals surface area contributed by atoms with E-state index in [1.165, 1.54) is 17.0 Å². The summed E-state index contributed by atoms with van der Waals surface area (Å²) in [6.45, 7) is 4.95. The molecule has 0 bridgehead atoms. The number of ether oxygens (including phenoxy) is 1. The zero-order valence-corrected chi connectivity index (χ0v) is 12.4. The third-order valence-corrected chi connectivity index (χ3v) is 3.55. The van der Waals surface area contributed by atoms with Crippen LogP contribution in [0.2, 0.25) is 0 Å². The lowest BCUT2D eigenvalue weighted by molar-refractivity contribution is 0.412. The number of halogens is 1. The third kappa shape index (κ3) is 2.70. The van der Waals surface area contributed by atoms with Gasteiger partial charge in [0.15, 0.2) is 0 Å². The van der Waals surface area contributed by atoms with Gasteiger partial charge < -0.3 is 10.2 Å². The zero-order valence-electron chi connectivity index (χ0n) is 10.8. The number of aryl methyl sites for hydroxylation is 2. The lowest BCUT2D eigenvalue weighted by Gasteiger charge is -2.13. The second kappa shape index (κ2) is 5.48. The van der Waals surface area contributed by atoms with Crippen LogP contribution in [0.5, 0.6) is 5.75 Å². The minimum absolute atomic E-state index is 0.777. The van der Waals surface area contributed by atoms with Crippen LogP contribution in [0.3, 0.4) is 0 Å². The highest BCUT2D eigenvalue weighted by Crippen LogP contribution is 2.25. The largest absolute Gasteiger partial charge is 0.496 e. The number of rotatable bonds is 4. The summed E-state index contributed by atoms with van der Waals surface area (Å²) in [5.41, 5.74) is 7.02. The van der Waals surface area contributed by atoms with Crippen molar-refractivity contribution in [3.8, 4) is 5.75 Å². The highest BCUT2D eigenvalue weighted by Gasteiger charge is 2.03. The predicted octanol–water partition coefficient (Wildman–Crippen LogP) is 3.62. The van der Waals surface area contributed by atoms with E-state index in [2.05, 4.69) is 64.1 Å².